The number of nitriles is 1. The fraction of sp³-hybridized carbons (Fsp3) is 0.154. The Morgan fingerprint density at radius 3 is 3.00 bits per heavy atom. The lowest BCUT2D eigenvalue weighted by Crippen LogP contribution is -1.95. The van der Waals surface area contributed by atoms with Crippen molar-refractivity contribution in [2.24, 2.45) is 0 Å². The molecule has 0 amide bonds. The van der Waals surface area contributed by atoms with Gasteiger partial charge in [-0.15, -0.1) is 6.42 Å². The van der Waals surface area contributed by atoms with Crippen molar-refractivity contribution in [1.29, 1.82) is 5.26 Å². The maximum atomic E-state index is 8.79. The summed E-state index contributed by atoms with van der Waals surface area (Å²) in [5, 5.41) is 13.2. The summed E-state index contributed by atoms with van der Waals surface area (Å²) in [6.07, 6.45) is 10.8. The Morgan fingerprint density at radius 2 is 2.35 bits per heavy atom. The molecule has 0 aliphatic carbocycles. The van der Waals surface area contributed by atoms with Crippen LogP contribution in [0, 0.1) is 23.7 Å². The van der Waals surface area contributed by atoms with E-state index in [4.69, 9.17) is 11.7 Å². The number of terminal acetylenes is 1. The molecule has 0 N–H and O–H groups in total. The van der Waals surface area contributed by atoms with Crippen molar-refractivity contribution in [3.8, 4) is 29.7 Å². The molecule has 2 heterocycles. The van der Waals surface area contributed by atoms with Crippen molar-refractivity contribution in [1.82, 2.24) is 14.8 Å². The first-order valence-electron chi connectivity index (χ1n) is 5.12. The lowest BCUT2D eigenvalue weighted by molar-refractivity contribution is 0.717. The van der Waals surface area contributed by atoms with Gasteiger partial charge in [-0.1, -0.05) is 5.92 Å². The highest BCUT2D eigenvalue weighted by atomic mass is 15.3. The zero-order valence-electron chi connectivity index (χ0n) is 9.17. The molecule has 0 fully saturated rings. The van der Waals surface area contributed by atoms with Crippen molar-refractivity contribution in [2.75, 3.05) is 0 Å². The van der Waals surface area contributed by atoms with E-state index < -0.39 is 0 Å². The van der Waals surface area contributed by atoms with Gasteiger partial charge in [0.15, 0.2) is 0 Å². The minimum Gasteiger partial charge on any atom is -0.264 e. The average Bonchev–Trinajstić information content (AvgIpc) is 2.74. The minimum atomic E-state index is 0.314. The van der Waals surface area contributed by atoms with Crippen LogP contribution in [-0.2, 0) is 13.0 Å². The minimum absolute atomic E-state index is 0.314. The van der Waals surface area contributed by atoms with Crippen LogP contribution in [0.3, 0.4) is 0 Å². The molecule has 0 bridgehead atoms. The van der Waals surface area contributed by atoms with E-state index >= 15 is 0 Å². The highest BCUT2D eigenvalue weighted by Gasteiger charge is 2.10. The monoisotopic (exact) mass is 222 g/mol. The molecule has 0 unspecified atom stereocenters. The van der Waals surface area contributed by atoms with Crippen molar-refractivity contribution in [3.63, 3.8) is 0 Å². The van der Waals surface area contributed by atoms with Crippen molar-refractivity contribution < 1.29 is 0 Å². The summed E-state index contributed by atoms with van der Waals surface area (Å²) in [5.74, 6) is 2.52. The van der Waals surface area contributed by atoms with Crippen LogP contribution in [0.5, 0.6) is 0 Å². The number of pyridine rings is 1. The number of hydrogen-bond donors (Lipinski definition) is 0. The number of rotatable bonds is 3. The molecular weight excluding hydrogens is 212 g/mol. The Morgan fingerprint density at radius 1 is 1.47 bits per heavy atom. The van der Waals surface area contributed by atoms with Crippen molar-refractivity contribution >= 4 is 0 Å². The van der Waals surface area contributed by atoms with E-state index in [1.54, 1.807) is 17.1 Å². The summed E-state index contributed by atoms with van der Waals surface area (Å²) in [4.78, 5) is 4.05. The van der Waals surface area contributed by atoms with Crippen LogP contribution >= 0.6 is 0 Å². The molecule has 0 aromatic carbocycles. The predicted molar refractivity (Wildman–Crippen MR) is 63.6 cm³/mol. The number of hydrogen-bond acceptors (Lipinski definition) is 3. The van der Waals surface area contributed by atoms with Crippen LogP contribution in [0.25, 0.3) is 11.3 Å². The summed E-state index contributed by atoms with van der Waals surface area (Å²) in [6, 6.07) is 5.88. The normalized spacial score (nSPS) is 9.53. The van der Waals surface area contributed by atoms with Crippen molar-refractivity contribution in [2.45, 2.75) is 13.0 Å². The molecule has 0 atom stereocenters. The summed E-state index contributed by atoms with van der Waals surface area (Å²) >= 11 is 0. The van der Waals surface area contributed by atoms with Gasteiger partial charge in [-0.3, -0.25) is 9.67 Å². The third-order valence-electron chi connectivity index (χ3n) is 2.30. The SMILES string of the molecule is C#CCn1cc(CC#N)c(-c2cccnc2)n1. The van der Waals surface area contributed by atoms with E-state index in [2.05, 4.69) is 22.1 Å². The summed E-state index contributed by atoms with van der Waals surface area (Å²) in [7, 11) is 0. The summed E-state index contributed by atoms with van der Waals surface area (Å²) in [5.41, 5.74) is 2.54. The Balaban J connectivity index is 2.46. The zero-order valence-corrected chi connectivity index (χ0v) is 9.17. The average molecular weight is 222 g/mol. The first-order valence-corrected chi connectivity index (χ1v) is 5.12. The van der Waals surface area contributed by atoms with Gasteiger partial charge in [0.1, 0.15) is 6.54 Å². The summed E-state index contributed by atoms with van der Waals surface area (Å²) in [6.45, 7) is 0.401. The number of nitrogens with zero attached hydrogens (tertiary/aromatic N) is 4. The van der Waals surface area contributed by atoms with Gasteiger partial charge < -0.3 is 0 Å². The molecular formula is C13H10N4. The zero-order chi connectivity index (χ0) is 12.1. The Hall–Kier alpha value is -2.59. The van der Waals surface area contributed by atoms with Crippen LogP contribution in [-0.4, -0.2) is 14.8 Å². The van der Waals surface area contributed by atoms with Crippen LogP contribution < -0.4 is 0 Å². The maximum Gasteiger partial charge on any atom is 0.101 e. The second-order valence-electron chi connectivity index (χ2n) is 3.48. The first-order chi connectivity index (χ1) is 8.35. The Bertz CT molecular complexity index is 584. The van der Waals surface area contributed by atoms with Gasteiger partial charge in [-0.05, 0) is 12.1 Å². The van der Waals surface area contributed by atoms with E-state index in [-0.39, 0.29) is 0 Å². The lowest BCUT2D eigenvalue weighted by Gasteiger charge is -1.97. The molecule has 0 radical (unpaired) electrons. The fourth-order valence-electron chi connectivity index (χ4n) is 1.60. The number of aromatic nitrogens is 3. The third kappa shape index (κ3) is 2.32. The lowest BCUT2D eigenvalue weighted by atomic mass is 10.1. The van der Waals surface area contributed by atoms with E-state index in [1.807, 2.05) is 18.3 Å². The van der Waals surface area contributed by atoms with E-state index in [0.29, 0.717) is 13.0 Å². The van der Waals surface area contributed by atoms with Gasteiger partial charge >= 0.3 is 0 Å². The second-order valence-corrected chi connectivity index (χ2v) is 3.48. The second kappa shape index (κ2) is 4.96. The molecule has 0 aliphatic heterocycles. The third-order valence-corrected chi connectivity index (χ3v) is 2.30. The van der Waals surface area contributed by atoms with Crippen molar-refractivity contribution in [3.05, 3.63) is 36.3 Å². The van der Waals surface area contributed by atoms with E-state index in [1.165, 1.54) is 0 Å². The van der Waals surface area contributed by atoms with Crippen LogP contribution in [0.4, 0.5) is 0 Å². The van der Waals surface area contributed by atoms with Gasteiger partial charge in [-0.25, -0.2) is 0 Å². The quantitative estimate of drug-likeness (QED) is 0.742. The molecule has 17 heavy (non-hydrogen) atoms. The van der Waals surface area contributed by atoms with Crippen LogP contribution in [0.15, 0.2) is 30.7 Å². The molecule has 0 aliphatic rings. The molecule has 0 saturated carbocycles. The smallest absolute Gasteiger partial charge is 0.101 e. The standard InChI is InChI=1S/C13H10N4/c1-2-8-17-10-12(5-6-14)13(16-17)11-4-3-7-15-9-11/h1,3-4,7,9-10H,5,8H2. The van der Waals surface area contributed by atoms with Gasteiger partial charge in [0.05, 0.1) is 18.2 Å². The molecule has 0 saturated heterocycles. The molecule has 4 nitrogen and oxygen atoms in total. The van der Waals surface area contributed by atoms with Gasteiger partial charge in [-0.2, -0.15) is 10.4 Å². The van der Waals surface area contributed by atoms with Gasteiger partial charge in [0, 0.05) is 29.7 Å². The summed E-state index contributed by atoms with van der Waals surface area (Å²) < 4.78 is 1.66. The fourth-order valence-corrected chi connectivity index (χ4v) is 1.60. The molecule has 4 heteroatoms. The van der Waals surface area contributed by atoms with Crippen LogP contribution in [0.2, 0.25) is 0 Å². The largest absolute Gasteiger partial charge is 0.264 e. The highest BCUT2D eigenvalue weighted by Crippen LogP contribution is 2.21. The Kier molecular flexibility index (Phi) is 3.18. The molecule has 2 aromatic rings. The molecule has 2 aromatic heterocycles. The van der Waals surface area contributed by atoms with Gasteiger partial charge in [0.2, 0.25) is 0 Å². The topological polar surface area (TPSA) is 54.5 Å². The highest BCUT2D eigenvalue weighted by molar-refractivity contribution is 5.61. The maximum absolute atomic E-state index is 8.79. The molecule has 0 spiro atoms. The Labute approximate surface area is 99.5 Å². The molecule has 82 valence electrons. The van der Waals surface area contributed by atoms with Crippen LogP contribution in [0.1, 0.15) is 5.56 Å². The van der Waals surface area contributed by atoms with E-state index in [9.17, 15) is 0 Å². The predicted octanol–water partition coefficient (Wildman–Crippen LogP) is 1.64. The van der Waals surface area contributed by atoms with Gasteiger partial charge in [0.25, 0.3) is 0 Å². The molecule has 2 rings (SSSR count). The first kappa shape index (κ1) is 10.9. The van der Waals surface area contributed by atoms with E-state index in [0.717, 1.165) is 16.8 Å².